The number of rotatable bonds is 5. The highest BCUT2D eigenvalue weighted by Crippen LogP contribution is 2.23. The fourth-order valence-corrected chi connectivity index (χ4v) is 4.80. The Bertz CT molecular complexity index is 981. The van der Waals surface area contributed by atoms with E-state index < -0.39 is 10.0 Å². The molecule has 0 unspecified atom stereocenters. The molecule has 9 heteroatoms. The first kappa shape index (κ1) is 18.8. The van der Waals surface area contributed by atoms with Crippen LogP contribution in [-0.4, -0.2) is 26.7 Å². The van der Waals surface area contributed by atoms with Gasteiger partial charge in [0.1, 0.15) is 5.84 Å². The minimum Gasteiger partial charge on any atom is -0.322 e. The van der Waals surface area contributed by atoms with Crippen molar-refractivity contribution in [3.8, 4) is 0 Å². The Morgan fingerprint density at radius 1 is 1.27 bits per heavy atom. The summed E-state index contributed by atoms with van der Waals surface area (Å²) in [5, 5.41) is 2.67. The van der Waals surface area contributed by atoms with Crippen molar-refractivity contribution in [2.75, 3.05) is 11.9 Å². The average molecular weight is 454 g/mol. The van der Waals surface area contributed by atoms with E-state index >= 15 is 0 Å². The summed E-state index contributed by atoms with van der Waals surface area (Å²) >= 11 is 4.87. The Labute approximate surface area is 164 Å². The second-order valence-electron chi connectivity index (χ2n) is 5.53. The maximum atomic E-state index is 12.4. The van der Waals surface area contributed by atoms with Crippen LogP contribution in [0.4, 0.5) is 5.69 Å². The fourth-order valence-electron chi connectivity index (χ4n) is 2.34. The zero-order valence-electron chi connectivity index (χ0n) is 13.6. The van der Waals surface area contributed by atoms with Crippen molar-refractivity contribution in [3.63, 3.8) is 0 Å². The van der Waals surface area contributed by atoms with Crippen molar-refractivity contribution in [1.82, 2.24) is 4.72 Å². The van der Waals surface area contributed by atoms with Gasteiger partial charge in [-0.2, -0.15) is 0 Å². The van der Waals surface area contributed by atoms with Crippen LogP contribution in [0.3, 0.4) is 0 Å². The molecule has 0 atom stereocenters. The van der Waals surface area contributed by atoms with E-state index in [9.17, 15) is 13.2 Å². The normalized spacial score (nSPS) is 14.4. The third-order valence-corrected chi connectivity index (χ3v) is 6.50. The molecule has 1 aromatic heterocycles. The van der Waals surface area contributed by atoms with Crippen LogP contribution in [0.1, 0.15) is 17.7 Å². The predicted octanol–water partition coefficient (Wildman–Crippen LogP) is 3.63. The summed E-state index contributed by atoms with van der Waals surface area (Å²) in [4.78, 5) is 17.2. The lowest BCUT2D eigenvalue weighted by Crippen LogP contribution is -2.29. The molecule has 136 valence electrons. The SMILES string of the molecule is O=C(/C=C/c1ccc(Br)s1)Nc1cccc(S(=O)(=O)NC2=NCCC2)c1. The molecular formula is C17H16BrN3O3S2. The molecule has 0 aliphatic carbocycles. The quantitative estimate of drug-likeness (QED) is 0.677. The van der Waals surface area contributed by atoms with Gasteiger partial charge in [0.25, 0.3) is 10.0 Å². The van der Waals surface area contributed by atoms with Gasteiger partial charge in [0.15, 0.2) is 0 Å². The number of amidine groups is 1. The van der Waals surface area contributed by atoms with Gasteiger partial charge in [0.05, 0.1) is 8.68 Å². The van der Waals surface area contributed by atoms with Crippen molar-refractivity contribution in [2.45, 2.75) is 17.7 Å². The molecular weight excluding hydrogens is 438 g/mol. The second kappa shape index (κ2) is 8.15. The smallest absolute Gasteiger partial charge is 0.262 e. The summed E-state index contributed by atoms with van der Waals surface area (Å²) in [5.41, 5.74) is 0.406. The zero-order valence-corrected chi connectivity index (χ0v) is 16.8. The molecule has 0 spiro atoms. The highest BCUT2D eigenvalue weighted by molar-refractivity contribution is 9.11. The maximum Gasteiger partial charge on any atom is 0.262 e. The third-order valence-electron chi connectivity index (χ3n) is 3.53. The number of carbonyl (C=O) groups is 1. The summed E-state index contributed by atoms with van der Waals surface area (Å²) < 4.78 is 28.3. The lowest BCUT2D eigenvalue weighted by Gasteiger charge is -2.09. The van der Waals surface area contributed by atoms with Gasteiger partial charge in [-0.25, -0.2) is 8.42 Å². The Morgan fingerprint density at radius 2 is 2.12 bits per heavy atom. The molecule has 0 bridgehead atoms. The second-order valence-corrected chi connectivity index (χ2v) is 9.71. The van der Waals surface area contributed by atoms with E-state index in [1.54, 1.807) is 18.2 Å². The number of nitrogens with zero attached hydrogens (tertiary/aromatic N) is 1. The number of benzene rings is 1. The van der Waals surface area contributed by atoms with Crippen LogP contribution >= 0.6 is 27.3 Å². The Hall–Kier alpha value is -1.97. The predicted molar refractivity (Wildman–Crippen MR) is 108 cm³/mol. The van der Waals surface area contributed by atoms with Gasteiger partial charge in [-0.15, -0.1) is 11.3 Å². The molecule has 0 saturated heterocycles. The highest BCUT2D eigenvalue weighted by Gasteiger charge is 2.18. The molecule has 0 radical (unpaired) electrons. The number of sulfonamides is 1. The van der Waals surface area contributed by atoms with E-state index in [-0.39, 0.29) is 10.8 Å². The first-order valence-corrected chi connectivity index (χ1v) is 10.9. The van der Waals surface area contributed by atoms with Crippen molar-refractivity contribution >= 4 is 60.8 Å². The molecule has 6 nitrogen and oxygen atoms in total. The summed E-state index contributed by atoms with van der Waals surface area (Å²) in [7, 11) is -3.71. The Morgan fingerprint density at radius 3 is 2.81 bits per heavy atom. The summed E-state index contributed by atoms with van der Waals surface area (Å²) in [6, 6.07) is 9.92. The lowest BCUT2D eigenvalue weighted by atomic mass is 10.3. The Kier molecular flexibility index (Phi) is 5.90. The highest BCUT2D eigenvalue weighted by atomic mass is 79.9. The standard InChI is InChI=1S/C17H16BrN3O3S2/c18-15-8-6-13(25-15)7-9-17(22)20-12-3-1-4-14(11-12)26(23,24)21-16-5-2-10-19-16/h1,3-4,6-9,11H,2,5,10H2,(H,19,21)(H,20,22)/b9-7+. The molecule has 0 fully saturated rings. The molecule has 1 aliphatic heterocycles. The van der Waals surface area contributed by atoms with Gasteiger partial charge >= 0.3 is 0 Å². The summed E-state index contributed by atoms with van der Waals surface area (Å²) in [6.07, 6.45) is 4.58. The number of hydrogen-bond acceptors (Lipinski definition) is 5. The summed E-state index contributed by atoms with van der Waals surface area (Å²) in [6.45, 7) is 0.640. The number of hydrogen-bond donors (Lipinski definition) is 2. The van der Waals surface area contributed by atoms with Crippen molar-refractivity contribution < 1.29 is 13.2 Å². The molecule has 1 amide bonds. The average Bonchev–Trinajstić information content (AvgIpc) is 3.24. The first-order chi connectivity index (χ1) is 12.4. The minimum atomic E-state index is -3.71. The zero-order chi connectivity index (χ0) is 18.6. The molecule has 26 heavy (non-hydrogen) atoms. The van der Waals surface area contributed by atoms with E-state index in [2.05, 4.69) is 31.0 Å². The minimum absolute atomic E-state index is 0.0797. The lowest BCUT2D eigenvalue weighted by molar-refractivity contribution is -0.111. The van der Waals surface area contributed by atoms with E-state index in [0.29, 0.717) is 24.5 Å². The van der Waals surface area contributed by atoms with Crippen molar-refractivity contribution in [3.05, 3.63) is 51.1 Å². The number of nitrogens with one attached hydrogen (secondary N) is 2. The first-order valence-electron chi connectivity index (χ1n) is 7.83. The van der Waals surface area contributed by atoms with E-state index in [1.807, 2.05) is 12.1 Å². The van der Waals surface area contributed by atoms with Gasteiger partial charge in [-0.3, -0.25) is 14.5 Å². The van der Waals surface area contributed by atoms with Crippen LogP contribution in [0.2, 0.25) is 0 Å². The number of anilines is 1. The van der Waals surface area contributed by atoms with Gasteiger partial charge in [0, 0.05) is 29.6 Å². The van der Waals surface area contributed by atoms with E-state index in [1.165, 1.54) is 29.5 Å². The monoisotopic (exact) mass is 453 g/mol. The molecule has 1 aromatic carbocycles. The third kappa shape index (κ3) is 5.03. The number of carbonyl (C=O) groups excluding carboxylic acids is 1. The van der Waals surface area contributed by atoms with E-state index in [0.717, 1.165) is 15.1 Å². The van der Waals surface area contributed by atoms with Crippen molar-refractivity contribution in [2.24, 2.45) is 4.99 Å². The molecule has 2 aromatic rings. The van der Waals surface area contributed by atoms with Crippen LogP contribution in [0.25, 0.3) is 6.08 Å². The fraction of sp³-hybridized carbons (Fsp3) is 0.176. The van der Waals surface area contributed by atoms with Gasteiger partial charge < -0.3 is 5.32 Å². The molecule has 0 saturated carbocycles. The van der Waals surface area contributed by atoms with Crippen LogP contribution in [0.5, 0.6) is 0 Å². The number of thiophene rings is 1. The Balaban J connectivity index is 1.68. The largest absolute Gasteiger partial charge is 0.322 e. The van der Waals surface area contributed by atoms with Crippen LogP contribution in [0, 0.1) is 0 Å². The molecule has 3 rings (SSSR count). The topological polar surface area (TPSA) is 87.6 Å². The van der Waals surface area contributed by atoms with Crippen LogP contribution in [0.15, 0.2) is 56.1 Å². The van der Waals surface area contributed by atoms with Gasteiger partial charge in [-0.1, -0.05) is 6.07 Å². The molecule has 1 aliphatic rings. The van der Waals surface area contributed by atoms with Crippen LogP contribution < -0.4 is 10.0 Å². The molecule has 2 N–H and O–H groups in total. The maximum absolute atomic E-state index is 12.4. The van der Waals surface area contributed by atoms with Gasteiger partial charge in [0.2, 0.25) is 5.91 Å². The van der Waals surface area contributed by atoms with E-state index in [4.69, 9.17) is 0 Å². The van der Waals surface area contributed by atoms with Crippen LogP contribution in [-0.2, 0) is 14.8 Å². The number of halogens is 1. The number of aliphatic imine (C=N–C) groups is 1. The molecule has 2 heterocycles. The van der Waals surface area contributed by atoms with Gasteiger partial charge in [-0.05, 0) is 58.8 Å². The number of amides is 1. The summed E-state index contributed by atoms with van der Waals surface area (Å²) in [5.74, 6) is 0.140. The van der Waals surface area contributed by atoms with Crippen molar-refractivity contribution in [1.29, 1.82) is 0 Å².